The largest absolute Gasteiger partial charge is 0.295 e. The van der Waals surface area contributed by atoms with Crippen LogP contribution in [0.1, 0.15) is 88.4 Å². The van der Waals surface area contributed by atoms with E-state index in [0.29, 0.717) is 29.8 Å². The van der Waals surface area contributed by atoms with Gasteiger partial charge in [-0.3, -0.25) is 9.88 Å². The quantitative estimate of drug-likeness (QED) is 0.758. The first kappa shape index (κ1) is 16.5. The molecule has 0 bridgehead atoms. The Bertz CT molecular complexity index is 505. The molecule has 1 aliphatic heterocycles. The smallest absolute Gasteiger partial charge is 0.0613 e. The maximum Gasteiger partial charge on any atom is 0.0613 e. The van der Waals surface area contributed by atoms with Crippen LogP contribution in [-0.2, 0) is 0 Å². The van der Waals surface area contributed by atoms with E-state index >= 15 is 0 Å². The molecule has 0 aromatic carbocycles. The summed E-state index contributed by atoms with van der Waals surface area (Å²) in [7, 11) is 2.25. The van der Waals surface area contributed by atoms with Crippen molar-refractivity contribution in [3.8, 4) is 0 Å². The first-order valence-corrected chi connectivity index (χ1v) is 8.47. The molecule has 0 aliphatic carbocycles. The fourth-order valence-corrected chi connectivity index (χ4v) is 3.77. The number of hydrogen-bond donors (Lipinski definition) is 0. The fraction of sp³-hybridized carbons (Fsp3) is 0.737. The zero-order valence-electron chi connectivity index (χ0n) is 15.1. The highest BCUT2D eigenvalue weighted by atomic mass is 15.2. The van der Waals surface area contributed by atoms with Gasteiger partial charge in [0, 0.05) is 17.8 Å². The minimum atomic E-state index is 0.399. The van der Waals surface area contributed by atoms with Crippen molar-refractivity contribution in [1.82, 2.24) is 9.88 Å². The molecule has 1 aromatic heterocycles. The van der Waals surface area contributed by atoms with E-state index in [1.165, 1.54) is 17.7 Å². The molecule has 1 unspecified atom stereocenters. The maximum atomic E-state index is 4.97. The molecule has 2 heterocycles. The number of fused-ring (bicyclic) bond motifs is 1. The first-order valence-electron chi connectivity index (χ1n) is 8.47. The van der Waals surface area contributed by atoms with Gasteiger partial charge in [-0.05, 0) is 69.2 Å². The van der Waals surface area contributed by atoms with E-state index < -0.39 is 0 Å². The van der Waals surface area contributed by atoms with Gasteiger partial charge in [-0.2, -0.15) is 0 Å². The summed E-state index contributed by atoms with van der Waals surface area (Å²) in [6.45, 7) is 16.2. The maximum absolute atomic E-state index is 4.97. The van der Waals surface area contributed by atoms with E-state index in [2.05, 4.69) is 66.5 Å². The Hall–Kier alpha value is -0.890. The average molecular weight is 288 g/mol. The van der Waals surface area contributed by atoms with Crippen molar-refractivity contribution < 1.29 is 0 Å². The molecular formula is C19H32N2. The van der Waals surface area contributed by atoms with Crippen LogP contribution in [0.5, 0.6) is 0 Å². The van der Waals surface area contributed by atoms with Gasteiger partial charge in [0.1, 0.15) is 0 Å². The first-order chi connectivity index (χ1) is 9.73. The van der Waals surface area contributed by atoms with Gasteiger partial charge in [-0.15, -0.1) is 0 Å². The number of nitrogens with zero attached hydrogens (tertiary/aromatic N) is 2. The van der Waals surface area contributed by atoms with Crippen molar-refractivity contribution in [2.45, 2.75) is 78.8 Å². The average Bonchev–Trinajstić information content (AvgIpc) is 2.49. The predicted molar refractivity (Wildman–Crippen MR) is 90.9 cm³/mol. The summed E-state index contributed by atoms with van der Waals surface area (Å²) < 4.78 is 0. The molecule has 0 saturated carbocycles. The van der Waals surface area contributed by atoms with Crippen LogP contribution < -0.4 is 0 Å². The Kier molecular flexibility index (Phi) is 4.77. The lowest BCUT2D eigenvalue weighted by atomic mass is 9.79. The normalized spacial score (nSPS) is 27.0. The van der Waals surface area contributed by atoms with Gasteiger partial charge in [-0.25, -0.2) is 0 Å². The molecule has 2 nitrogen and oxygen atoms in total. The SMILES string of the molecule is Cc1cc(C(C)C)c2c(n1)[C@@H](C)N(C)[C@@H](C)CC2C(C)C. The fourth-order valence-electron chi connectivity index (χ4n) is 3.77. The van der Waals surface area contributed by atoms with E-state index in [4.69, 9.17) is 4.98 Å². The van der Waals surface area contributed by atoms with Crippen molar-refractivity contribution >= 4 is 0 Å². The summed E-state index contributed by atoms with van der Waals surface area (Å²) >= 11 is 0. The zero-order chi connectivity index (χ0) is 15.9. The lowest BCUT2D eigenvalue weighted by molar-refractivity contribution is 0.185. The highest BCUT2D eigenvalue weighted by Gasteiger charge is 2.34. The number of rotatable bonds is 2. The molecule has 0 saturated heterocycles. The Morgan fingerprint density at radius 3 is 2.33 bits per heavy atom. The third-order valence-corrected chi connectivity index (χ3v) is 5.34. The summed E-state index contributed by atoms with van der Waals surface area (Å²) in [5.74, 6) is 1.84. The van der Waals surface area contributed by atoms with Crippen molar-refractivity contribution in [2.24, 2.45) is 5.92 Å². The van der Waals surface area contributed by atoms with Gasteiger partial charge < -0.3 is 0 Å². The lowest BCUT2D eigenvalue weighted by Crippen LogP contribution is -2.31. The molecule has 0 fully saturated rings. The molecule has 1 aliphatic rings. The van der Waals surface area contributed by atoms with Crippen molar-refractivity contribution in [3.05, 3.63) is 28.6 Å². The Labute approximate surface area is 131 Å². The van der Waals surface area contributed by atoms with Crippen LogP contribution in [0.25, 0.3) is 0 Å². The van der Waals surface area contributed by atoms with Crippen LogP contribution >= 0.6 is 0 Å². The van der Waals surface area contributed by atoms with Crippen molar-refractivity contribution in [2.75, 3.05) is 7.05 Å². The zero-order valence-corrected chi connectivity index (χ0v) is 15.1. The van der Waals surface area contributed by atoms with Gasteiger partial charge in [0.05, 0.1) is 5.69 Å². The van der Waals surface area contributed by atoms with E-state index in [1.54, 1.807) is 5.56 Å². The highest BCUT2D eigenvalue weighted by Crippen LogP contribution is 2.43. The Morgan fingerprint density at radius 2 is 1.81 bits per heavy atom. The summed E-state index contributed by atoms with van der Waals surface area (Å²) in [5.41, 5.74) is 5.55. The number of hydrogen-bond acceptors (Lipinski definition) is 2. The molecule has 0 N–H and O–H groups in total. The molecule has 21 heavy (non-hydrogen) atoms. The van der Waals surface area contributed by atoms with Crippen LogP contribution in [0.15, 0.2) is 6.07 Å². The van der Waals surface area contributed by atoms with Crippen molar-refractivity contribution in [1.29, 1.82) is 0 Å². The second kappa shape index (κ2) is 6.08. The van der Waals surface area contributed by atoms with Gasteiger partial charge in [0.25, 0.3) is 0 Å². The van der Waals surface area contributed by atoms with Gasteiger partial charge >= 0.3 is 0 Å². The van der Waals surface area contributed by atoms with Crippen LogP contribution in [0.3, 0.4) is 0 Å². The third-order valence-electron chi connectivity index (χ3n) is 5.34. The summed E-state index contributed by atoms with van der Waals surface area (Å²) in [5, 5.41) is 0. The molecule has 0 spiro atoms. The standard InChI is InChI=1S/C19H32N2/c1-11(2)16-9-13(5)20-19-15(7)21(8)14(6)10-17(12(3)4)18(16)19/h9,11-12,14-15,17H,10H2,1-8H3/t14-,15+,17?/m0/s1. The molecule has 2 rings (SSSR count). The van der Waals surface area contributed by atoms with E-state index in [-0.39, 0.29) is 0 Å². The number of pyridine rings is 1. The molecule has 3 atom stereocenters. The van der Waals surface area contributed by atoms with Gasteiger partial charge in [0.2, 0.25) is 0 Å². The summed E-state index contributed by atoms with van der Waals surface area (Å²) in [6, 6.07) is 3.32. The second-order valence-corrected chi connectivity index (χ2v) is 7.58. The number of aromatic nitrogens is 1. The van der Waals surface area contributed by atoms with Crippen LogP contribution in [0.4, 0.5) is 0 Å². The topological polar surface area (TPSA) is 16.1 Å². The monoisotopic (exact) mass is 288 g/mol. The van der Waals surface area contributed by atoms with Gasteiger partial charge in [-0.1, -0.05) is 27.7 Å². The van der Waals surface area contributed by atoms with Crippen LogP contribution in [-0.4, -0.2) is 23.0 Å². The number of aryl methyl sites for hydroxylation is 1. The van der Waals surface area contributed by atoms with Crippen molar-refractivity contribution in [3.63, 3.8) is 0 Å². The molecule has 118 valence electrons. The minimum Gasteiger partial charge on any atom is -0.295 e. The lowest BCUT2D eigenvalue weighted by Gasteiger charge is -2.28. The molecule has 0 amide bonds. The third kappa shape index (κ3) is 3.01. The molecular weight excluding hydrogens is 256 g/mol. The van der Waals surface area contributed by atoms with Crippen LogP contribution in [0, 0.1) is 12.8 Å². The van der Waals surface area contributed by atoms with E-state index in [1.807, 2.05) is 0 Å². The summed E-state index contributed by atoms with van der Waals surface area (Å²) in [6.07, 6.45) is 1.23. The van der Waals surface area contributed by atoms with Gasteiger partial charge in [0.15, 0.2) is 0 Å². The van der Waals surface area contributed by atoms with E-state index in [0.717, 1.165) is 5.69 Å². The molecule has 2 heteroatoms. The Balaban J connectivity index is 2.71. The highest BCUT2D eigenvalue weighted by molar-refractivity contribution is 5.40. The molecule has 0 radical (unpaired) electrons. The second-order valence-electron chi connectivity index (χ2n) is 7.58. The summed E-state index contributed by atoms with van der Waals surface area (Å²) in [4.78, 5) is 7.47. The van der Waals surface area contributed by atoms with Crippen LogP contribution in [0.2, 0.25) is 0 Å². The Morgan fingerprint density at radius 1 is 1.19 bits per heavy atom. The molecule has 1 aromatic rings. The van der Waals surface area contributed by atoms with E-state index in [9.17, 15) is 0 Å². The predicted octanol–water partition coefficient (Wildman–Crippen LogP) is 5.04. The minimum absolute atomic E-state index is 0.399.